The van der Waals surface area contributed by atoms with Gasteiger partial charge in [-0.15, -0.1) is 5.10 Å². The van der Waals surface area contributed by atoms with Crippen molar-refractivity contribution >= 4 is 34.8 Å². The normalized spacial score (nSPS) is 10.4. The minimum atomic E-state index is 0.484. The zero-order valence-electron chi connectivity index (χ0n) is 9.69. The van der Waals surface area contributed by atoms with Crippen molar-refractivity contribution in [2.24, 2.45) is 0 Å². The lowest BCUT2D eigenvalue weighted by molar-refractivity contribution is 0.608. The minimum Gasteiger partial charge on any atom is -0.372 e. The summed E-state index contributed by atoms with van der Waals surface area (Å²) in [6.07, 6.45) is 3.42. The first-order valence-electron chi connectivity index (χ1n) is 5.32. The van der Waals surface area contributed by atoms with Gasteiger partial charge in [0.25, 0.3) is 0 Å². The standard InChI is InChI=1S/C10H12Cl2N6/c1-13-9-7(11)6-8(12)10(16-9)14-2-4-18-5-3-15-17-18/h3,5-6H,2,4H2,1H3,(H2,13,14,16). The molecule has 0 radical (unpaired) electrons. The number of hydrogen-bond acceptors (Lipinski definition) is 5. The van der Waals surface area contributed by atoms with Crippen molar-refractivity contribution in [1.29, 1.82) is 0 Å². The Kier molecular flexibility index (Phi) is 4.22. The summed E-state index contributed by atoms with van der Waals surface area (Å²) in [5.74, 6) is 1.18. The van der Waals surface area contributed by atoms with E-state index >= 15 is 0 Å². The summed E-state index contributed by atoms with van der Waals surface area (Å²) in [6, 6.07) is 1.65. The first-order chi connectivity index (χ1) is 8.70. The zero-order chi connectivity index (χ0) is 13.0. The highest BCUT2D eigenvalue weighted by molar-refractivity contribution is 6.37. The highest BCUT2D eigenvalue weighted by Crippen LogP contribution is 2.28. The number of nitrogens with one attached hydrogen (secondary N) is 2. The fraction of sp³-hybridized carbons (Fsp3) is 0.300. The highest BCUT2D eigenvalue weighted by atomic mass is 35.5. The minimum absolute atomic E-state index is 0.484. The topological polar surface area (TPSA) is 67.7 Å². The monoisotopic (exact) mass is 286 g/mol. The van der Waals surface area contributed by atoms with Gasteiger partial charge in [0.2, 0.25) is 0 Å². The van der Waals surface area contributed by atoms with Crippen LogP contribution in [-0.2, 0) is 6.54 Å². The van der Waals surface area contributed by atoms with Gasteiger partial charge >= 0.3 is 0 Å². The molecule has 2 heterocycles. The van der Waals surface area contributed by atoms with E-state index in [1.54, 1.807) is 30.2 Å². The van der Waals surface area contributed by atoms with Crippen LogP contribution < -0.4 is 10.6 Å². The SMILES string of the molecule is CNc1nc(NCCn2ccnn2)c(Cl)cc1Cl. The maximum atomic E-state index is 6.05. The van der Waals surface area contributed by atoms with E-state index in [4.69, 9.17) is 23.2 Å². The molecule has 0 aliphatic carbocycles. The summed E-state index contributed by atoms with van der Waals surface area (Å²) in [4.78, 5) is 4.28. The Morgan fingerprint density at radius 3 is 2.72 bits per heavy atom. The van der Waals surface area contributed by atoms with Gasteiger partial charge in [-0.1, -0.05) is 28.4 Å². The van der Waals surface area contributed by atoms with Crippen molar-refractivity contribution in [2.75, 3.05) is 24.2 Å². The lowest BCUT2D eigenvalue weighted by Gasteiger charge is -2.10. The maximum absolute atomic E-state index is 6.05. The van der Waals surface area contributed by atoms with E-state index in [0.717, 1.165) is 0 Å². The van der Waals surface area contributed by atoms with Crippen LogP contribution in [0.25, 0.3) is 0 Å². The summed E-state index contributed by atoms with van der Waals surface area (Å²) in [5, 5.41) is 14.6. The van der Waals surface area contributed by atoms with Gasteiger partial charge in [-0.25, -0.2) is 4.98 Å². The number of anilines is 2. The molecule has 0 aliphatic heterocycles. The van der Waals surface area contributed by atoms with E-state index in [1.807, 2.05) is 0 Å². The van der Waals surface area contributed by atoms with E-state index in [1.165, 1.54) is 0 Å². The van der Waals surface area contributed by atoms with Crippen molar-refractivity contribution in [3.05, 3.63) is 28.5 Å². The number of hydrogen-bond donors (Lipinski definition) is 2. The quantitative estimate of drug-likeness (QED) is 0.881. The largest absolute Gasteiger partial charge is 0.372 e. The first kappa shape index (κ1) is 12.9. The summed E-state index contributed by atoms with van der Waals surface area (Å²) in [7, 11) is 1.75. The average molecular weight is 287 g/mol. The molecule has 2 aromatic heterocycles. The van der Waals surface area contributed by atoms with Gasteiger partial charge in [-0.2, -0.15) is 0 Å². The summed E-state index contributed by atoms with van der Waals surface area (Å²) >= 11 is 12.0. The molecule has 0 unspecified atom stereocenters. The summed E-state index contributed by atoms with van der Waals surface area (Å²) in [5.41, 5.74) is 0. The van der Waals surface area contributed by atoms with E-state index in [-0.39, 0.29) is 0 Å². The fourth-order valence-corrected chi connectivity index (χ4v) is 1.93. The molecule has 2 N–H and O–H groups in total. The summed E-state index contributed by atoms with van der Waals surface area (Å²) in [6.45, 7) is 1.32. The molecule has 0 amide bonds. The molecule has 0 bridgehead atoms. The van der Waals surface area contributed by atoms with Gasteiger partial charge in [0.15, 0.2) is 0 Å². The zero-order valence-corrected chi connectivity index (χ0v) is 11.2. The second-order valence-corrected chi connectivity index (χ2v) is 4.31. The van der Waals surface area contributed by atoms with E-state index in [0.29, 0.717) is 34.8 Å². The molecule has 8 heteroatoms. The third-order valence-corrected chi connectivity index (χ3v) is 2.85. The van der Waals surface area contributed by atoms with Crippen LogP contribution in [0.15, 0.2) is 18.5 Å². The maximum Gasteiger partial charge on any atom is 0.147 e. The van der Waals surface area contributed by atoms with Gasteiger partial charge in [0.1, 0.15) is 11.6 Å². The third kappa shape index (κ3) is 3.02. The molecule has 0 atom stereocenters. The van der Waals surface area contributed by atoms with Gasteiger partial charge in [0.05, 0.1) is 22.8 Å². The van der Waals surface area contributed by atoms with Gasteiger partial charge < -0.3 is 10.6 Å². The molecule has 0 saturated heterocycles. The Bertz CT molecular complexity index is 513. The highest BCUT2D eigenvalue weighted by Gasteiger charge is 2.07. The van der Waals surface area contributed by atoms with Gasteiger partial charge in [-0.05, 0) is 6.07 Å². The predicted molar refractivity (Wildman–Crippen MR) is 72.3 cm³/mol. The lowest BCUT2D eigenvalue weighted by atomic mass is 10.4. The Morgan fingerprint density at radius 2 is 2.06 bits per heavy atom. The smallest absolute Gasteiger partial charge is 0.147 e. The molecule has 6 nitrogen and oxygen atoms in total. The van der Waals surface area contributed by atoms with E-state index in [2.05, 4.69) is 25.9 Å². The number of nitrogens with zero attached hydrogens (tertiary/aromatic N) is 4. The molecule has 0 fully saturated rings. The van der Waals surface area contributed by atoms with Crippen LogP contribution in [0.3, 0.4) is 0 Å². The Labute approximate surface area is 114 Å². The van der Waals surface area contributed by atoms with Crippen molar-refractivity contribution in [2.45, 2.75) is 6.54 Å². The second-order valence-electron chi connectivity index (χ2n) is 3.49. The molecule has 96 valence electrons. The molecule has 2 aromatic rings. The van der Waals surface area contributed by atoms with Crippen LogP contribution in [0.1, 0.15) is 0 Å². The van der Waals surface area contributed by atoms with Crippen molar-refractivity contribution < 1.29 is 0 Å². The van der Waals surface area contributed by atoms with Crippen LogP contribution in [0.5, 0.6) is 0 Å². The lowest BCUT2D eigenvalue weighted by Crippen LogP contribution is -2.12. The molecule has 0 saturated carbocycles. The van der Waals surface area contributed by atoms with Crippen LogP contribution >= 0.6 is 23.2 Å². The van der Waals surface area contributed by atoms with Crippen molar-refractivity contribution in [3.63, 3.8) is 0 Å². The average Bonchev–Trinajstić information content (AvgIpc) is 2.85. The molecule has 0 aromatic carbocycles. The van der Waals surface area contributed by atoms with Gasteiger partial charge in [0, 0.05) is 19.8 Å². The Balaban J connectivity index is 2.00. The fourth-order valence-electron chi connectivity index (χ4n) is 1.41. The molecule has 2 rings (SSSR count). The van der Waals surface area contributed by atoms with E-state index in [9.17, 15) is 0 Å². The third-order valence-electron chi connectivity index (χ3n) is 2.27. The number of aromatic nitrogens is 4. The van der Waals surface area contributed by atoms with Gasteiger partial charge in [-0.3, -0.25) is 4.68 Å². The van der Waals surface area contributed by atoms with Crippen LogP contribution in [0.4, 0.5) is 11.6 Å². The molecule has 0 spiro atoms. The Morgan fingerprint density at radius 1 is 1.28 bits per heavy atom. The number of halogens is 2. The molecule has 0 aliphatic rings. The second kappa shape index (κ2) is 5.88. The predicted octanol–water partition coefficient (Wildman–Crippen LogP) is 2.13. The van der Waals surface area contributed by atoms with Crippen molar-refractivity contribution in [1.82, 2.24) is 20.0 Å². The number of rotatable bonds is 5. The molecule has 18 heavy (non-hydrogen) atoms. The first-order valence-corrected chi connectivity index (χ1v) is 6.08. The van der Waals surface area contributed by atoms with E-state index < -0.39 is 0 Å². The van der Waals surface area contributed by atoms with Crippen LogP contribution in [-0.4, -0.2) is 33.6 Å². The molecular formula is C10H12Cl2N6. The Hall–Kier alpha value is -1.53. The van der Waals surface area contributed by atoms with Crippen molar-refractivity contribution in [3.8, 4) is 0 Å². The summed E-state index contributed by atoms with van der Waals surface area (Å²) < 4.78 is 1.72. The van der Waals surface area contributed by atoms with Crippen LogP contribution in [0.2, 0.25) is 10.0 Å². The molecular weight excluding hydrogens is 275 g/mol. The number of pyridine rings is 1. The van der Waals surface area contributed by atoms with Crippen LogP contribution in [0, 0.1) is 0 Å².